The molecule has 13 heteroatoms. The molecule has 1 N–H and O–H groups in total. The molecule has 0 aliphatic heterocycles. The molecule has 0 bridgehead atoms. The summed E-state index contributed by atoms with van der Waals surface area (Å²) >= 11 is 6.05. The Bertz CT molecular complexity index is 1080. The first-order valence-corrected chi connectivity index (χ1v) is 8.21. The zero-order valence-corrected chi connectivity index (χ0v) is 15.1. The fourth-order valence-corrected chi connectivity index (χ4v) is 2.79. The van der Waals surface area contributed by atoms with E-state index in [1.807, 2.05) is 0 Å². The molecule has 0 amide bonds. The lowest BCUT2D eigenvalue weighted by Gasteiger charge is -2.22. The predicted molar refractivity (Wildman–Crippen MR) is 90.8 cm³/mol. The topological polar surface area (TPSA) is 72.2 Å². The SMILES string of the molecule is CC(Nc1c(-c2ncccc2C(F)(F)F)c(Cl)nc2c(C=O)cnn12)C(F)(F)F. The van der Waals surface area contributed by atoms with Gasteiger partial charge in [0, 0.05) is 6.20 Å². The summed E-state index contributed by atoms with van der Waals surface area (Å²) in [5.74, 6) is -0.540. The summed E-state index contributed by atoms with van der Waals surface area (Å²) < 4.78 is 80.5. The van der Waals surface area contributed by atoms with Gasteiger partial charge in [-0.15, -0.1) is 0 Å². The van der Waals surface area contributed by atoms with Gasteiger partial charge in [-0.25, -0.2) is 4.98 Å². The van der Waals surface area contributed by atoms with Gasteiger partial charge in [0.1, 0.15) is 17.0 Å². The smallest absolute Gasteiger partial charge is 0.358 e. The zero-order chi connectivity index (χ0) is 21.6. The molecule has 1 atom stereocenters. The molecule has 29 heavy (non-hydrogen) atoms. The second-order valence-corrected chi connectivity index (χ2v) is 6.24. The minimum Gasteiger partial charge on any atom is -0.358 e. The van der Waals surface area contributed by atoms with E-state index in [4.69, 9.17) is 11.6 Å². The van der Waals surface area contributed by atoms with E-state index in [0.29, 0.717) is 12.4 Å². The van der Waals surface area contributed by atoms with Crippen LogP contribution in [-0.4, -0.2) is 38.1 Å². The van der Waals surface area contributed by atoms with E-state index in [0.717, 1.165) is 29.9 Å². The van der Waals surface area contributed by atoms with Crippen molar-refractivity contribution < 1.29 is 31.1 Å². The maximum Gasteiger partial charge on any atom is 0.418 e. The third-order valence-corrected chi connectivity index (χ3v) is 4.22. The number of pyridine rings is 1. The number of nitrogens with zero attached hydrogens (tertiary/aromatic N) is 4. The van der Waals surface area contributed by atoms with Gasteiger partial charge in [0.25, 0.3) is 0 Å². The van der Waals surface area contributed by atoms with Gasteiger partial charge in [-0.05, 0) is 19.1 Å². The van der Waals surface area contributed by atoms with Crippen molar-refractivity contribution in [3.63, 3.8) is 0 Å². The number of hydrogen-bond acceptors (Lipinski definition) is 5. The highest BCUT2D eigenvalue weighted by Crippen LogP contribution is 2.42. The molecular formula is C16H10ClF6N5O. The molecule has 0 saturated heterocycles. The third kappa shape index (κ3) is 3.84. The molecular weight excluding hydrogens is 428 g/mol. The van der Waals surface area contributed by atoms with Crippen molar-refractivity contribution >= 4 is 29.4 Å². The van der Waals surface area contributed by atoms with Gasteiger partial charge in [0.15, 0.2) is 11.9 Å². The maximum atomic E-state index is 13.4. The van der Waals surface area contributed by atoms with Gasteiger partial charge in [-0.2, -0.15) is 36.0 Å². The van der Waals surface area contributed by atoms with Gasteiger partial charge in [-0.3, -0.25) is 9.78 Å². The second kappa shape index (κ2) is 7.17. The highest BCUT2D eigenvalue weighted by atomic mass is 35.5. The first-order valence-electron chi connectivity index (χ1n) is 7.83. The molecule has 0 saturated carbocycles. The largest absolute Gasteiger partial charge is 0.418 e. The van der Waals surface area contributed by atoms with E-state index in [1.165, 1.54) is 0 Å². The van der Waals surface area contributed by atoms with Crippen LogP contribution in [-0.2, 0) is 6.18 Å². The van der Waals surface area contributed by atoms with E-state index in [9.17, 15) is 31.1 Å². The number of halogens is 7. The van der Waals surface area contributed by atoms with Crippen LogP contribution in [0.5, 0.6) is 0 Å². The summed E-state index contributed by atoms with van der Waals surface area (Å²) in [5, 5.41) is 5.26. The highest BCUT2D eigenvalue weighted by Gasteiger charge is 2.39. The lowest BCUT2D eigenvalue weighted by Crippen LogP contribution is -2.34. The Labute approximate surface area is 163 Å². The van der Waals surface area contributed by atoms with E-state index < -0.39 is 46.2 Å². The van der Waals surface area contributed by atoms with Crippen molar-refractivity contribution in [1.29, 1.82) is 0 Å². The normalized spacial score (nSPS) is 13.5. The number of carbonyl (C=O) groups excluding carboxylic acids is 1. The maximum absolute atomic E-state index is 13.4. The molecule has 0 aliphatic carbocycles. The highest BCUT2D eigenvalue weighted by molar-refractivity contribution is 6.33. The van der Waals surface area contributed by atoms with Crippen molar-refractivity contribution in [3.8, 4) is 11.3 Å². The molecule has 6 nitrogen and oxygen atoms in total. The number of alkyl halides is 6. The molecule has 0 fully saturated rings. The molecule has 3 aromatic rings. The van der Waals surface area contributed by atoms with Gasteiger partial charge in [-0.1, -0.05) is 11.6 Å². The molecule has 3 aromatic heterocycles. The fourth-order valence-electron chi connectivity index (χ4n) is 2.53. The Morgan fingerprint density at radius 1 is 1.24 bits per heavy atom. The number of anilines is 1. The van der Waals surface area contributed by atoms with Crippen LogP contribution in [0.2, 0.25) is 5.15 Å². The second-order valence-electron chi connectivity index (χ2n) is 5.88. The van der Waals surface area contributed by atoms with Crippen molar-refractivity contribution in [2.24, 2.45) is 0 Å². The number of aldehydes is 1. The first-order chi connectivity index (χ1) is 13.4. The summed E-state index contributed by atoms with van der Waals surface area (Å²) in [6, 6.07) is -0.458. The molecule has 0 aromatic carbocycles. The molecule has 0 aliphatic rings. The Hall–Kier alpha value is -2.89. The van der Waals surface area contributed by atoms with Crippen LogP contribution in [0, 0.1) is 0 Å². The molecule has 0 radical (unpaired) electrons. The molecule has 3 rings (SSSR count). The molecule has 1 unspecified atom stereocenters. The zero-order valence-electron chi connectivity index (χ0n) is 14.3. The molecule has 0 spiro atoms. The number of hydrogen-bond donors (Lipinski definition) is 1. The van der Waals surface area contributed by atoms with Gasteiger partial charge >= 0.3 is 12.4 Å². The number of fused-ring (bicyclic) bond motifs is 1. The van der Waals surface area contributed by atoms with Crippen molar-refractivity contribution in [2.45, 2.75) is 25.3 Å². The number of nitrogens with one attached hydrogen (secondary N) is 1. The standard InChI is InChI=1S/C16H10ClF6N5O/c1-7(15(18,19)20)26-14-10(11-9(16(21,22)23)3-2-4-24-11)12(17)27-13-8(6-29)5-25-28(13)14/h2-7,26H,1H3. The third-order valence-electron chi connectivity index (χ3n) is 3.95. The average molecular weight is 438 g/mol. The summed E-state index contributed by atoms with van der Waals surface area (Å²) in [6.07, 6.45) is -7.24. The Morgan fingerprint density at radius 3 is 2.52 bits per heavy atom. The van der Waals surface area contributed by atoms with E-state index in [1.54, 1.807) is 0 Å². The average Bonchev–Trinajstić information content (AvgIpc) is 3.03. The summed E-state index contributed by atoms with van der Waals surface area (Å²) in [6.45, 7) is 0.761. The van der Waals surface area contributed by atoms with E-state index in [-0.39, 0.29) is 11.2 Å². The fraction of sp³-hybridized carbons (Fsp3) is 0.250. The number of rotatable bonds is 4. The van der Waals surface area contributed by atoms with Crippen LogP contribution in [0.15, 0.2) is 24.5 Å². The van der Waals surface area contributed by atoms with Gasteiger partial charge in [0.2, 0.25) is 0 Å². The van der Waals surface area contributed by atoms with Crippen LogP contribution in [0.4, 0.5) is 32.2 Å². The lowest BCUT2D eigenvalue weighted by molar-refractivity contribution is -0.139. The number of aromatic nitrogens is 4. The lowest BCUT2D eigenvalue weighted by atomic mass is 10.1. The summed E-state index contributed by atoms with van der Waals surface area (Å²) in [4.78, 5) is 18.6. The summed E-state index contributed by atoms with van der Waals surface area (Å²) in [7, 11) is 0. The minimum atomic E-state index is -4.87. The van der Waals surface area contributed by atoms with Crippen molar-refractivity contribution in [3.05, 3.63) is 40.8 Å². The van der Waals surface area contributed by atoms with Crippen LogP contribution in [0.3, 0.4) is 0 Å². The van der Waals surface area contributed by atoms with E-state index in [2.05, 4.69) is 20.4 Å². The Morgan fingerprint density at radius 2 is 1.93 bits per heavy atom. The van der Waals surface area contributed by atoms with Gasteiger partial charge < -0.3 is 5.32 Å². The van der Waals surface area contributed by atoms with Crippen LogP contribution < -0.4 is 5.32 Å². The van der Waals surface area contributed by atoms with Crippen molar-refractivity contribution in [1.82, 2.24) is 19.6 Å². The van der Waals surface area contributed by atoms with Crippen LogP contribution in [0.1, 0.15) is 22.8 Å². The monoisotopic (exact) mass is 437 g/mol. The molecule has 3 heterocycles. The van der Waals surface area contributed by atoms with Crippen LogP contribution >= 0.6 is 11.6 Å². The first kappa shape index (κ1) is 20.8. The Balaban J connectivity index is 2.37. The molecule has 154 valence electrons. The quantitative estimate of drug-likeness (QED) is 0.366. The Kier molecular flexibility index (Phi) is 5.15. The predicted octanol–water partition coefficient (Wildman–Crippen LogP) is 4.64. The minimum absolute atomic E-state index is 0.113. The summed E-state index contributed by atoms with van der Waals surface area (Å²) in [5.41, 5.74) is -2.84. The van der Waals surface area contributed by atoms with Gasteiger partial charge in [0.05, 0.1) is 28.6 Å². The van der Waals surface area contributed by atoms with E-state index >= 15 is 0 Å². The van der Waals surface area contributed by atoms with Crippen molar-refractivity contribution in [2.75, 3.05) is 5.32 Å². The van der Waals surface area contributed by atoms with Crippen LogP contribution in [0.25, 0.3) is 16.9 Å². The number of carbonyl (C=O) groups is 1.